The maximum atomic E-state index is 9.72. The quantitative estimate of drug-likeness (QED) is 0.391. The first kappa shape index (κ1) is 21.0. The highest BCUT2D eigenvalue weighted by molar-refractivity contribution is 5.87. The van der Waals surface area contributed by atoms with Crippen LogP contribution in [0.4, 0.5) is 0 Å². The molecule has 5 heteroatoms. The lowest BCUT2D eigenvalue weighted by Gasteiger charge is -2.15. The Bertz CT molecular complexity index is 1440. The van der Waals surface area contributed by atoms with Crippen LogP contribution in [0.15, 0.2) is 60.3 Å². The Hall–Kier alpha value is -3.91. The molecule has 0 saturated carbocycles. The van der Waals surface area contributed by atoms with Crippen molar-refractivity contribution in [3.8, 4) is 12.1 Å². The van der Waals surface area contributed by atoms with Crippen LogP contribution in [-0.4, -0.2) is 21.1 Å². The summed E-state index contributed by atoms with van der Waals surface area (Å²) in [4.78, 5) is 9.30. The summed E-state index contributed by atoms with van der Waals surface area (Å²) in [6, 6.07) is 20.0. The van der Waals surface area contributed by atoms with Gasteiger partial charge in [0.15, 0.2) is 5.65 Å². The van der Waals surface area contributed by atoms with Gasteiger partial charge >= 0.3 is 0 Å². The Morgan fingerprint density at radius 1 is 1.09 bits per heavy atom. The average Bonchev–Trinajstić information content (AvgIpc) is 3.08. The maximum Gasteiger partial charge on any atom is 0.298 e. The first-order chi connectivity index (χ1) is 16.1. The molecule has 0 atom stereocenters. The summed E-state index contributed by atoms with van der Waals surface area (Å²) in [5, 5.41) is 9.72. The third kappa shape index (κ3) is 3.68. The summed E-state index contributed by atoms with van der Waals surface area (Å²) in [5.41, 5.74) is 10.6. The summed E-state index contributed by atoms with van der Waals surface area (Å²) in [6.45, 7) is 7.10. The van der Waals surface area contributed by atoms with Crippen molar-refractivity contribution < 1.29 is 4.74 Å². The van der Waals surface area contributed by atoms with Gasteiger partial charge in [-0.3, -0.25) is 4.57 Å². The molecule has 33 heavy (non-hydrogen) atoms. The normalized spacial score (nSPS) is 14.2. The van der Waals surface area contributed by atoms with Crippen molar-refractivity contribution in [1.82, 2.24) is 14.5 Å². The van der Waals surface area contributed by atoms with Crippen LogP contribution in [0.5, 0.6) is 6.01 Å². The zero-order chi connectivity index (χ0) is 22.9. The largest absolute Gasteiger partial charge is 0.465 e. The van der Waals surface area contributed by atoms with E-state index in [1.54, 1.807) is 0 Å². The van der Waals surface area contributed by atoms with Gasteiger partial charge in [0.25, 0.3) is 6.01 Å². The number of ether oxygens (including phenoxy) is 1. The molecule has 5 rings (SSSR count). The van der Waals surface area contributed by atoms with E-state index in [1.807, 2.05) is 33.0 Å². The third-order valence-electron chi connectivity index (χ3n) is 6.35. The molecule has 2 heterocycles. The van der Waals surface area contributed by atoms with Crippen molar-refractivity contribution in [3.05, 3.63) is 93.7 Å². The van der Waals surface area contributed by atoms with Gasteiger partial charge in [-0.05, 0) is 73.1 Å². The molecule has 0 aliphatic heterocycles. The van der Waals surface area contributed by atoms with Gasteiger partial charge in [0, 0.05) is 17.3 Å². The number of rotatable bonds is 4. The van der Waals surface area contributed by atoms with Crippen LogP contribution in [0.3, 0.4) is 0 Å². The molecule has 0 bridgehead atoms. The number of allylic oxidation sites excluding steroid dienone is 1. The zero-order valence-corrected chi connectivity index (χ0v) is 19.2. The number of aryl methyl sites for hydroxylation is 3. The molecule has 0 N–H and O–H groups in total. The van der Waals surface area contributed by atoms with Crippen molar-refractivity contribution in [2.75, 3.05) is 6.61 Å². The Morgan fingerprint density at radius 2 is 1.88 bits per heavy atom. The van der Waals surface area contributed by atoms with Crippen LogP contribution in [-0.2, 0) is 19.4 Å². The van der Waals surface area contributed by atoms with E-state index in [-0.39, 0.29) is 0 Å². The number of pyridine rings is 1. The fourth-order valence-electron chi connectivity index (χ4n) is 4.74. The first-order valence-corrected chi connectivity index (χ1v) is 11.4. The molecule has 2 aromatic carbocycles. The average molecular weight is 435 g/mol. The molecule has 0 fully saturated rings. The van der Waals surface area contributed by atoms with E-state index in [0.717, 1.165) is 51.8 Å². The topological polar surface area (TPSA) is 63.7 Å². The van der Waals surface area contributed by atoms with Crippen molar-refractivity contribution in [2.45, 2.75) is 40.2 Å². The Balaban J connectivity index is 1.60. The molecular formula is C28H26N4O. The molecule has 0 saturated heterocycles. The van der Waals surface area contributed by atoms with Crippen LogP contribution in [0, 0.1) is 18.3 Å². The van der Waals surface area contributed by atoms with E-state index in [0.29, 0.717) is 19.2 Å². The lowest BCUT2D eigenvalue weighted by atomic mass is 9.90. The molecule has 0 radical (unpaired) electrons. The van der Waals surface area contributed by atoms with Crippen LogP contribution in [0.25, 0.3) is 16.7 Å². The maximum absolute atomic E-state index is 9.72. The van der Waals surface area contributed by atoms with Gasteiger partial charge in [-0.2, -0.15) is 10.2 Å². The number of imidazole rings is 1. The first-order valence-electron chi connectivity index (χ1n) is 11.4. The molecule has 0 amide bonds. The van der Waals surface area contributed by atoms with E-state index in [2.05, 4.69) is 58.1 Å². The minimum Gasteiger partial charge on any atom is -0.465 e. The molecule has 4 aromatic rings. The number of nitrogens with zero attached hydrogens (tertiary/aromatic N) is 4. The fourth-order valence-corrected chi connectivity index (χ4v) is 4.74. The lowest BCUT2D eigenvalue weighted by molar-refractivity contribution is 0.301. The van der Waals surface area contributed by atoms with Gasteiger partial charge in [-0.15, -0.1) is 0 Å². The minimum absolute atomic E-state index is 0.548. The molecule has 0 spiro atoms. The molecule has 5 nitrogen and oxygen atoms in total. The second-order valence-corrected chi connectivity index (χ2v) is 8.47. The highest BCUT2D eigenvalue weighted by atomic mass is 16.5. The van der Waals surface area contributed by atoms with E-state index in [4.69, 9.17) is 9.72 Å². The van der Waals surface area contributed by atoms with E-state index < -0.39 is 0 Å². The fraction of sp³-hybridized carbons (Fsp3) is 0.250. The smallest absolute Gasteiger partial charge is 0.298 e. The standard InChI is InChI=1S/C28H26N4O/c1-4-33-28-31-26-18(2)13-14-30-27(26)32(28)17-20-9-12-24-22(15-20)11-10-21-7-5-6-8-23(21)25(24)19(3)16-29/h5-9,12-15H,4,10-11,17H2,1-3H3. The molecule has 1 aliphatic rings. The molecular weight excluding hydrogens is 408 g/mol. The Morgan fingerprint density at radius 3 is 2.70 bits per heavy atom. The van der Waals surface area contributed by atoms with Crippen LogP contribution >= 0.6 is 0 Å². The Labute approximate surface area is 194 Å². The van der Waals surface area contributed by atoms with Crippen LogP contribution < -0.4 is 4.74 Å². The minimum atomic E-state index is 0.548. The second-order valence-electron chi connectivity index (χ2n) is 8.47. The zero-order valence-electron chi connectivity index (χ0n) is 19.2. The number of fused-ring (bicyclic) bond motifs is 3. The predicted molar refractivity (Wildman–Crippen MR) is 130 cm³/mol. The van der Waals surface area contributed by atoms with Gasteiger partial charge in [-0.25, -0.2) is 4.98 Å². The monoisotopic (exact) mass is 434 g/mol. The summed E-state index contributed by atoms with van der Waals surface area (Å²) in [7, 11) is 0. The predicted octanol–water partition coefficient (Wildman–Crippen LogP) is 5.63. The molecule has 0 unspecified atom stereocenters. The third-order valence-corrected chi connectivity index (χ3v) is 6.35. The summed E-state index contributed by atoms with van der Waals surface area (Å²) < 4.78 is 7.91. The van der Waals surface area contributed by atoms with Gasteiger partial charge in [0.1, 0.15) is 5.52 Å². The summed E-state index contributed by atoms with van der Waals surface area (Å²) in [6.07, 6.45) is 3.71. The summed E-state index contributed by atoms with van der Waals surface area (Å²) in [5.74, 6) is 0. The molecule has 2 aromatic heterocycles. The van der Waals surface area contributed by atoms with Gasteiger partial charge < -0.3 is 4.74 Å². The SMILES string of the molecule is CCOc1nc2c(C)ccnc2n1Cc1ccc2c(c1)CCc1ccccc1C2=C(C)C#N. The van der Waals surface area contributed by atoms with Crippen LogP contribution in [0.1, 0.15) is 47.2 Å². The van der Waals surface area contributed by atoms with E-state index >= 15 is 0 Å². The number of nitriles is 1. The highest BCUT2D eigenvalue weighted by Gasteiger charge is 2.21. The van der Waals surface area contributed by atoms with Crippen molar-refractivity contribution >= 4 is 16.7 Å². The number of hydrogen-bond donors (Lipinski definition) is 0. The number of aromatic nitrogens is 3. The van der Waals surface area contributed by atoms with Gasteiger partial charge in [0.05, 0.1) is 19.2 Å². The van der Waals surface area contributed by atoms with E-state index in [9.17, 15) is 5.26 Å². The number of hydrogen-bond acceptors (Lipinski definition) is 4. The number of benzene rings is 2. The van der Waals surface area contributed by atoms with Crippen molar-refractivity contribution in [3.63, 3.8) is 0 Å². The Kier molecular flexibility index (Phi) is 5.43. The highest BCUT2D eigenvalue weighted by Crippen LogP contribution is 2.36. The van der Waals surface area contributed by atoms with Crippen molar-refractivity contribution in [1.29, 1.82) is 5.26 Å². The van der Waals surface area contributed by atoms with Gasteiger partial charge in [-0.1, -0.05) is 42.5 Å². The van der Waals surface area contributed by atoms with Crippen molar-refractivity contribution in [2.24, 2.45) is 0 Å². The summed E-state index contributed by atoms with van der Waals surface area (Å²) >= 11 is 0. The second kappa shape index (κ2) is 8.55. The van der Waals surface area contributed by atoms with E-state index in [1.165, 1.54) is 16.7 Å². The molecule has 164 valence electrons. The lowest BCUT2D eigenvalue weighted by Crippen LogP contribution is -2.06. The van der Waals surface area contributed by atoms with Crippen LogP contribution in [0.2, 0.25) is 0 Å². The van der Waals surface area contributed by atoms with Gasteiger partial charge in [0.2, 0.25) is 0 Å². The molecule has 1 aliphatic carbocycles.